The Hall–Kier alpha value is -0.910. The average Bonchev–Trinajstić information content (AvgIpc) is 2.29. The van der Waals surface area contributed by atoms with Gasteiger partial charge in [-0.1, -0.05) is 26.0 Å². The molecule has 0 spiro atoms. The van der Waals surface area contributed by atoms with Crippen LogP contribution in [0.25, 0.3) is 0 Å². The van der Waals surface area contributed by atoms with Gasteiger partial charge < -0.3 is 5.73 Å². The van der Waals surface area contributed by atoms with E-state index >= 15 is 0 Å². The third-order valence-electron chi connectivity index (χ3n) is 2.51. The Morgan fingerprint density at radius 1 is 1.35 bits per heavy atom. The van der Waals surface area contributed by atoms with Crippen LogP contribution in [-0.4, -0.2) is 21.5 Å². The van der Waals surface area contributed by atoms with Crippen molar-refractivity contribution < 1.29 is 8.42 Å². The van der Waals surface area contributed by atoms with Crippen LogP contribution >= 0.6 is 0 Å². The first-order valence-electron chi connectivity index (χ1n) is 5.77. The van der Waals surface area contributed by atoms with E-state index in [4.69, 9.17) is 5.73 Å². The quantitative estimate of drug-likeness (QED) is 0.756. The summed E-state index contributed by atoms with van der Waals surface area (Å²) in [5.41, 5.74) is 6.35. The van der Waals surface area contributed by atoms with Gasteiger partial charge in [0.1, 0.15) is 0 Å². The molecule has 0 fully saturated rings. The van der Waals surface area contributed by atoms with Gasteiger partial charge in [-0.15, -0.1) is 0 Å². The molecule has 1 aromatic rings. The number of rotatable bonds is 6. The number of hydrogen-bond acceptors (Lipinski definition) is 3. The van der Waals surface area contributed by atoms with Crippen molar-refractivity contribution in [2.45, 2.75) is 31.1 Å². The molecule has 0 heterocycles. The smallest absolute Gasteiger partial charge is 0.240 e. The molecule has 5 heteroatoms. The summed E-state index contributed by atoms with van der Waals surface area (Å²) in [6, 6.07) is 7.03. The molecule has 0 unspecified atom stereocenters. The van der Waals surface area contributed by atoms with Gasteiger partial charge in [-0.2, -0.15) is 0 Å². The molecule has 17 heavy (non-hydrogen) atoms. The van der Waals surface area contributed by atoms with Crippen LogP contribution in [0.2, 0.25) is 0 Å². The Labute approximate surface area is 103 Å². The fourth-order valence-electron chi connectivity index (χ4n) is 1.43. The minimum absolute atomic E-state index is 0.314. The molecule has 0 aliphatic rings. The standard InChI is InChI=1S/C12H20N2O2S/c1-10(2)11-5-3-6-12(9-11)17(15,16)14-8-4-7-13/h3,5-6,9-10,14H,4,7-8,13H2,1-2H3. The molecule has 0 bridgehead atoms. The minimum atomic E-state index is -3.39. The van der Waals surface area contributed by atoms with Crippen molar-refractivity contribution >= 4 is 10.0 Å². The zero-order valence-electron chi connectivity index (χ0n) is 10.3. The molecule has 0 saturated carbocycles. The van der Waals surface area contributed by atoms with Gasteiger partial charge in [0, 0.05) is 6.54 Å². The van der Waals surface area contributed by atoms with Gasteiger partial charge in [-0.05, 0) is 36.6 Å². The highest BCUT2D eigenvalue weighted by atomic mass is 32.2. The summed E-state index contributed by atoms with van der Waals surface area (Å²) in [5.74, 6) is 0.314. The Morgan fingerprint density at radius 3 is 2.65 bits per heavy atom. The van der Waals surface area contributed by atoms with E-state index in [-0.39, 0.29) is 0 Å². The predicted molar refractivity (Wildman–Crippen MR) is 69.4 cm³/mol. The first-order valence-corrected chi connectivity index (χ1v) is 7.25. The van der Waals surface area contributed by atoms with Gasteiger partial charge in [0.25, 0.3) is 0 Å². The molecule has 1 aromatic carbocycles. The Kier molecular flexibility index (Phi) is 5.11. The van der Waals surface area contributed by atoms with Crippen LogP contribution in [0.1, 0.15) is 31.7 Å². The molecule has 0 radical (unpaired) electrons. The molecule has 0 aromatic heterocycles. The van der Waals surface area contributed by atoms with Crippen molar-refractivity contribution in [1.29, 1.82) is 0 Å². The van der Waals surface area contributed by atoms with Crippen LogP contribution in [0.3, 0.4) is 0 Å². The number of sulfonamides is 1. The number of nitrogens with two attached hydrogens (primary N) is 1. The van der Waals surface area contributed by atoms with Gasteiger partial charge in [0.05, 0.1) is 4.90 Å². The van der Waals surface area contributed by atoms with Gasteiger partial charge in [-0.25, -0.2) is 13.1 Å². The molecule has 0 amide bonds. The Morgan fingerprint density at radius 2 is 2.06 bits per heavy atom. The minimum Gasteiger partial charge on any atom is -0.330 e. The lowest BCUT2D eigenvalue weighted by Crippen LogP contribution is -2.26. The average molecular weight is 256 g/mol. The molecule has 1 rings (SSSR count). The molecule has 96 valence electrons. The summed E-state index contributed by atoms with van der Waals surface area (Å²) in [5, 5.41) is 0. The molecule has 0 saturated heterocycles. The Bertz CT molecular complexity index is 455. The van der Waals surface area contributed by atoms with Gasteiger partial charge >= 0.3 is 0 Å². The maximum Gasteiger partial charge on any atom is 0.240 e. The molecule has 0 atom stereocenters. The number of benzene rings is 1. The van der Waals surface area contributed by atoms with E-state index < -0.39 is 10.0 Å². The zero-order chi connectivity index (χ0) is 12.9. The van der Waals surface area contributed by atoms with Crippen LogP contribution in [0, 0.1) is 0 Å². The largest absolute Gasteiger partial charge is 0.330 e. The topological polar surface area (TPSA) is 72.2 Å². The van der Waals surface area contributed by atoms with Crippen LogP contribution in [-0.2, 0) is 10.0 Å². The summed E-state index contributed by atoms with van der Waals surface area (Å²) >= 11 is 0. The lowest BCUT2D eigenvalue weighted by molar-refractivity contribution is 0.579. The van der Waals surface area contributed by atoms with Crippen molar-refractivity contribution in [1.82, 2.24) is 4.72 Å². The SMILES string of the molecule is CC(C)c1cccc(S(=O)(=O)NCCCN)c1. The van der Waals surface area contributed by atoms with Crippen LogP contribution in [0.5, 0.6) is 0 Å². The Balaban J connectivity index is 2.87. The highest BCUT2D eigenvalue weighted by Gasteiger charge is 2.13. The second-order valence-electron chi connectivity index (χ2n) is 4.27. The molecule has 3 N–H and O–H groups in total. The second kappa shape index (κ2) is 6.14. The van der Waals surface area contributed by atoms with Gasteiger partial charge in [0.15, 0.2) is 0 Å². The van der Waals surface area contributed by atoms with E-state index in [1.165, 1.54) is 0 Å². The van der Waals surface area contributed by atoms with Crippen molar-refractivity contribution in [3.05, 3.63) is 29.8 Å². The van der Waals surface area contributed by atoms with E-state index in [0.29, 0.717) is 30.3 Å². The summed E-state index contributed by atoms with van der Waals surface area (Å²) in [7, 11) is -3.39. The molecule has 0 aliphatic carbocycles. The van der Waals surface area contributed by atoms with Gasteiger partial charge in [0.2, 0.25) is 10.0 Å². The zero-order valence-corrected chi connectivity index (χ0v) is 11.1. The first kappa shape index (κ1) is 14.2. The van der Waals surface area contributed by atoms with Crippen LogP contribution < -0.4 is 10.5 Å². The van der Waals surface area contributed by atoms with Crippen molar-refractivity contribution in [3.8, 4) is 0 Å². The van der Waals surface area contributed by atoms with E-state index in [1.807, 2.05) is 19.9 Å². The van der Waals surface area contributed by atoms with Crippen molar-refractivity contribution in [3.63, 3.8) is 0 Å². The van der Waals surface area contributed by atoms with Gasteiger partial charge in [-0.3, -0.25) is 0 Å². The third-order valence-corrected chi connectivity index (χ3v) is 3.97. The third kappa shape index (κ3) is 4.11. The highest BCUT2D eigenvalue weighted by Crippen LogP contribution is 2.18. The lowest BCUT2D eigenvalue weighted by Gasteiger charge is -2.09. The fourth-order valence-corrected chi connectivity index (χ4v) is 2.56. The van der Waals surface area contributed by atoms with E-state index in [0.717, 1.165) is 5.56 Å². The lowest BCUT2D eigenvalue weighted by atomic mass is 10.0. The first-order chi connectivity index (χ1) is 7.97. The summed E-state index contributed by atoms with van der Waals surface area (Å²) < 4.78 is 26.4. The van der Waals surface area contributed by atoms with Crippen LogP contribution in [0.15, 0.2) is 29.2 Å². The second-order valence-corrected chi connectivity index (χ2v) is 6.03. The number of hydrogen-bond donors (Lipinski definition) is 2. The molecular weight excluding hydrogens is 236 g/mol. The van der Waals surface area contributed by atoms with E-state index in [9.17, 15) is 8.42 Å². The normalized spacial score (nSPS) is 12.0. The molecule has 4 nitrogen and oxygen atoms in total. The van der Waals surface area contributed by atoms with E-state index in [2.05, 4.69) is 4.72 Å². The maximum absolute atomic E-state index is 11.9. The number of nitrogens with one attached hydrogen (secondary N) is 1. The fraction of sp³-hybridized carbons (Fsp3) is 0.500. The van der Waals surface area contributed by atoms with Crippen molar-refractivity contribution in [2.75, 3.05) is 13.1 Å². The van der Waals surface area contributed by atoms with Crippen LogP contribution in [0.4, 0.5) is 0 Å². The highest BCUT2D eigenvalue weighted by molar-refractivity contribution is 7.89. The summed E-state index contributed by atoms with van der Waals surface area (Å²) in [6.07, 6.45) is 0.642. The summed E-state index contributed by atoms with van der Waals surface area (Å²) in [6.45, 7) is 4.93. The predicted octanol–water partition coefficient (Wildman–Crippen LogP) is 1.44. The van der Waals surface area contributed by atoms with Crippen molar-refractivity contribution in [2.24, 2.45) is 5.73 Å². The monoisotopic (exact) mass is 256 g/mol. The maximum atomic E-state index is 11.9. The molecular formula is C12H20N2O2S. The van der Waals surface area contributed by atoms with E-state index in [1.54, 1.807) is 18.2 Å². The molecule has 0 aliphatic heterocycles. The summed E-state index contributed by atoms with van der Waals surface area (Å²) in [4.78, 5) is 0.320.